The SMILES string of the molecule is CC(=O)c1ccc(N2CCN(C(=O)CN3CC[C@@H](C(=O)Nc4ccc(O)cc4)C3)CC2)cc1. The molecule has 174 valence electrons. The average Bonchev–Trinajstić information content (AvgIpc) is 3.29. The van der Waals surface area contributed by atoms with Crippen molar-refractivity contribution in [2.45, 2.75) is 13.3 Å². The third kappa shape index (κ3) is 5.70. The smallest absolute Gasteiger partial charge is 0.236 e. The normalized spacial score (nSPS) is 18.9. The lowest BCUT2D eigenvalue weighted by molar-refractivity contribution is -0.132. The maximum absolute atomic E-state index is 12.8. The lowest BCUT2D eigenvalue weighted by Gasteiger charge is -2.36. The second-order valence-corrected chi connectivity index (χ2v) is 8.73. The van der Waals surface area contributed by atoms with Gasteiger partial charge in [-0.3, -0.25) is 19.3 Å². The molecule has 0 unspecified atom stereocenters. The summed E-state index contributed by atoms with van der Waals surface area (Å²) in [5.41, 5.74) is 2.42. The maximum atomic E-state index is 12.8. The summed E-state index contributed by atoms with van der Waals surface area (Å²) >= 11 is 0. The predicted octanol–water partition coefficient (Wildman–Crippen LogP) is 2.20. The van der Waals surface area contributed by atoms with Gasteiger partial charge < -0.3 is 20.2 Å². The molecule has 0 radical (unpaired) electrons. The van der Waals surface area contributed by atoms with Crippen molar-refractivity contribution in [3.8, 4) is 5.75 Å². The van der Waals surface area contributed by atoms with Crippen LogP contribution in [0.25, 0.3) is 0 Å². The summed E-state index contributed by atoms with van der Waals surface area (Å²) in [6.07, 6.45) is 0.723. The Labute approximate surface area is 193 Å². The van der Waals surface area contributed by atoms with E-state index in [0.717, 1.165) is 31.7 Å². The Kier molecular flexibility index (Phi) is 6.93. The average molecular weight is 451 g/mol. The van der Waals surface area contributed by atoms with E-state index in [2.05, 4.69) is 15.1 Å². The Balaban J connectivity index is 1.22. The number of ketones is 1. The highest BCUT2D eigenvalue weighted by Crippen LogP contribution is 2.21. The third-order valence-electron chi connectivity index (χ3n) is 6.41. The van der Waals surface area contributed by atoms with Crippen LogP contribution >= 0.6 is 0 Å². The molecule has 8 nitrogen and oxygen atoms in total. The summed E-state index contributed by atoms with van der Waals surface area (Å²) in [5, 5.41) is 12.2. The minimum Gasteiger partial charge on any atom is -0.508 e. The van der Waals surface area contributed by atoms with Gasteiger partial charge >= 0.3 is 0 Å². The number of carbonyl (C=O) groups is 3. The number of phenols is 1. The molecule has 2 heterocycles. The molecule has 0 saturated carbocycles. The molecule has 2 saturated heterocycles. The zero-order valence-corrected chi connectivity index (χ0v) is 18.9. The van der Waals surface area contributed by atoms with Crippen molar-refractivity contribution in [2.24, 2.45) is 5.92 Å². The second kappa shape index (κ2) is 10.0. The molecule has 1 atom stereocenters. The van der Waals surface area contributed by atoms with Gasteiger partial charge in [0.1, 0.15) is 5.75 Å². The number of carbonyl (C=O) groups excluding carboxylic acids is 3. The minimum atomic E-state index is -0.151. The summed E-state index contributed by atoms with van der Waals surface area (Å²) in [7, 11) is 0. The van der Waals surface area contributed by atoms with Gasteiger partial charge in [-0.2, -0.15) is 0 Å². The van der Waals surface area contributed by atoms with Gasteiger partial charge in [-0.05, 0) is 68.4 Å². The van der Waals surface area contributed by atoms with Crippen LogP contribution < -0.4 is 10.2 Å². The summed E-state index contributed by atoms with van der Waals surface area (Å²) in [4.78, 5) is 43.0. The number of anilines is 2. The van der Waals surface area contributed by atoms with Crippen LogP contribution in [0.2, 0.25) is 0 Å². The molecule has 4 rings (SSSR count). The van der Waals surface area contributed by atoms with E-state index >= 15 is 0 Å². The first-order valence-electron chi connectivity index (χ1n) is 11.3. The number of phenolic OH excluding ortho intramolecular Hbond substituents is 1. The third-order valence-corrected chi connectivity index (χ3v) is 6.41. The highest BCUT2D eigenvalue weighted by molar-refractivity contribution is 5.94. The summed E-state index contributed by atoms with van der Waals surface area (Å²) in [6, 6.07) is 14.0. The van der Waals surface area contributed by atoms with E-state index in [1.807, 2.05) is 29.2 Å². The van der Waals surface area contributed by atoms with Gasteiger partial charge in [0.2, 0.25) is 11.8 Å². The van der Waals surface area contributed by atoms with Gasteiger partial charge in [-0.25, -0.2) is 0 Å². The van der Waals surface area contributed by atoms with Crippen molar-refractivity contribution < 1.29 is 19.5 Å². The molecule has 2 fully saturated rings. The van der Waals surface area contributed by atoms with Crippen LogP contribution in [0.1, 0.15) is 23.7 Å². The van der Waals surface area contributed by atoms with E-state index in [0.29, 0.717) is 37.4 Å². The molecule has 2 aromatic rings. The molecular formula is C25H30N4O4. The first-order valence-corrected chi connectivity index (χ1v) is 11.3. The lowest BCUT2D eigenvalue weighted by atomic mass is 10.1. The molecular weight excluding hydrogens is 420 g/mol. The van der Waals surface area contributed by atoms with Crippen molar-refractivity contribution in [3.05, 3.63) is 54.1 Å². The summed E-state index contributed by atoms with van der Waals surface area (Å²) in [5.74, 6) is 0.104. The number of amides is 2. The predicted molar refractivity (Wildman–Crippen MR) is 127 cm³/mol. The van der Waals surface area contributed by atoms with E-state index in [9.17, 15) is 19.5 Å². The number of piperazine rings is 1. The Hall–Kier alpha value is -3.39. The molecule has 0 aromatic heterocycles. The zero-order chi connectivity index (χ0) is 23.4. The number of likely N-dealkylation sites (tertiary alicyclic amines) is 1. The van der Waals surface area contributed by atoms with Crippen molar-refractivity contribution >= 4 is 29.0 Å². The lowest BCUT2D eigenvalue weighted by Crippen LogP contribution is -2.51. The van der Waals surface area contributed by atoms with E-state index in [1.54, 1.807) is 19.1 Å². The highest BCUT2D eigenvalue weighted by Gasteiger charge is 2.31. The minimum absolute atomic E-state index is 0.0546. The van der Waals surface area contributed by atoms with E-state index in [1.165, 1.54) is 12.1 Å². The molecule has 8 heteroatoms. The van der Waals surface area contributed by atoms with E-state index < -0.39 is 0 Å². The summed E-state index contributed by atoms with van der Waals surface area (Å²) in [6.45, 7) is 6.00. The maximum Gasteiger partial charge on any atom is 0.236 e. The Bertz CT molecular complexity index is 998. The summed E-state index contributed by atoms with van der Waals surface area (Å²) < 4.78 is 0. The topological polar surface area (TPSA) is 93.2 Å². The molecule has 2 aromatic carbocycles. The Morgan fingerprint density at radius 1 is 0.939 bits per heavy atom. The molecule has 2 aliphatic heterocycles. The monoisotopic (exact) mass is 450 g/mol. The van der Waals surface area contributed by atoms with Gasteiger partial charge in [0.25, 0.3) is 0 Å². The standard InChI is InChI=1S/C25H30N4O4/c1-18(30)19-2-6-22(7-3-19)28-12-14-29(15-13-28)24(32)17-27-11-10-20(16-27)25(33)26-21-4-8-23(31)9-5-21/h2-9,20,31H,10-17H2,1H3,(H,26,33)/t20-/m1/s1. The highest BCUT2D eigenvalue weighted by atomic mass is 16.3. The number of hydrogen-bond donors (Lipinski definition) is 2. The van der Waals surface area contributed by atoms with Gasteiger partial charge in [-0.15, -0.1) is 0 Å². The molecule has 2 aliphatic rings. The van der Waals surface area contributed by atoms with Crippen LogP contribution in [0, 0.1) is 5.92 Å². The van der Waals surface area contributed by atoms with Gasteiger partial charge in [0.05, 0.1) is 12.5 Å². The Morgan fingerprint density at radius 3 is 2.24 bits per heavy atom. The fraction of sp³-hybridized carbons (Fsp3) is 0.400. The van der Waals surface area contributed by atoms with E-state index in [-0.39, 0.29) is 29.3 Å². The number of rotatable bonds is 6. The van der Waals surface area contributed by atoms with Gasteiger partial charge in [0.15, 0.2) is 5.78 Å². The number of nitrogens with zero attached hydrogens (tertiary/aromatic N) is 3. The van der Waals surface area contributed by atoms with Gasteiger partial charge in [-0.1, -0.05) is 0 Å². The number of Topliss-reactive ketones (excluding diaryl/α,β-unsaturated/α-hetero) is 1. The van der Waals surface area contributed by atoms with Crippen LogP contribution in [0.4, 0.5) is 11.4 Å². The zero-order valence-electron chi connectivity index (χ0n) is 18.9. The fourth-order valence-electron chi connectivity index (χ4n) is 4.39. The number of aromatic hydroxyl groups is 1. The second-order valence-electron chi connectivity index (χ2n) is 8.73. The molecule has 0 bridgehead atoms. The number of nitrogens with one attached hydrogen (secondary N) is 1. The van der Waals surface area contributed by atoms with Crippen LogP contribution in [0.5, 0.6) is 5.75 Å². The first kappa shape index (κ1) is 22.8. The van der Waals surface area contributed by atoms with Crippen LogP contribution in [-0.2, 0) is 9.59 Å². The molecule has 33 heavy (non-hydrogen) atoms. The number of benzene rings is 2. The number of hydrogen-bond acceptors (Lipinski definition) is 6. The largest absolute Gasteiger partial charge is 0.508 e. The van der Waals surface area contributed by atoms with Crippen molar-refractivity contribution in [3.63, 3.8) is 0 Å². The van der Waals surface area contributed by atoms with E-state index in [4.69, 9.17) is 0 Å². The van der Waals surface area contributed by atoms with Crippen LogP contribution in [0.3, 0.4) is 0 Å². The van der Waals surface area contributed by atoms with Crippen molar-refractivity contribution in [2.75, 3.05) is 56.0 Å². The van der Waals surface area contributed by atoms with Crippen molar-refractivity contribution in [1.29, 1.82) is 0 Å². The van der Waals surface area contributed by atoms with Crippen LogP contribution in [-0.4, -0.2) is 78.3 Å². The quantitative estimate of drug-likeness (QED) is 0.518. The molecule has 2 amide bonds. The van der Waals surface area contributed by atoms with Gasteiger partial charge in [0, 0.05) is 49.7 Å². The van der Waals surface area contributed by atoms with Crippen molar-refractivity contribution in [1.82, 2.24) is 9.80 Å². The van der Waals surface area contributed by atoms with Crippen LogP contribution in [0.15, 0.2) is 48.5 Å². The Morgan fingerprint density at radius 2 is 1.61 bits per heavy atom. The molecule has 0 aliphatic carbocycles. The molecule has 0 spiro atoms. The molecule has 2 N–H and O–H groups in total. The fourth-order valence-corrected chi connectivity index (χ4v) is 4.39. The first-order chi connectivity index (χ1) is 15.9.